The van der Waals surface area contributed by atoms with Crippen LogP contribution in [0, 0.1) is 6.92 Å². The minimum Gasteiger partial charge on any atom is -0.496 e. The summed E-state index contributed by atoms with van der Waals surface area (Å²) in [6.45, 7) is 2.36. The second-order valence-electron chi connectivity index (χ2n) is 4.88. The number of aromatic nitrogens is 1. The maximum Gasteiger partial charge on any atom is 0.340 e. The van der Waals surface area contributed by atoms with Gasteiger partial charge in [-0.1, -0.05) is 0 Å². The molecule has 2 aromatic rings. The average Bonchev–Trinajstić information content (AvgIpc) is 2.77. The molecule has 0 bridgehead atoms. The number of methoxy groups -OCH3 is 2. The van der Waals surface area contributed by atoms with Gasteiger partial charge in [-0.05, 0) is 19.1 Å². The van der Waals surface area contributed by atoms with E-state index in [1.165, 1.54) is 7.11 Å². The lowest BCUT2D eigenvalue weighted by Crippen LogP contribution is -2.11. The second-order valence-corrected chi connectivity index (χ2v) is 4.88. The first-order valence-electron chi connectivity index (χ1n) is 6.83. The van der Waals surface area contributed by atoms with Gasteiger partial charge in [0.15, 0.2) is 6.29 Å². The average molecular weight is 305 g/mol. The molecule has 1 heterocycles. The third-order valence-corrected chi connectivity index (χ3v) is 3.70. The number of esters is 1. The van der Waals surface area contributed by atoms with E-state index in [2.05, 4.69) is 0 Å². The lowest BCUT2D eigenvalue weighted by molar-refractivity contribution is 0.0389. The predicted octanol–water partition coefficient (Wildman–Crippen LogP) is 2.11. The normalized spacial score (nSPS) is 10.7. The van der Waals surface area contributed by atoms with E-state index in [1.807, 2.05) is 18.5 Å². The van der Waals surface area contributed by atoms with Gasteiger partial charge in [0, 0.05) is 30.8 Å². The first kappa shape index (κ1) is 16.0. The first-order valence-corrected chi connectivity index (χ1v) is 6.83. The zero-order valence-corrected chi connectivity index (χ0v) is 13.1. The molecule has 0 saturated heterocycles. The van der Waals surface area contributed by atoms with Crippen LogP contribution in [0.5, 0.6) is 5.75 Å². The molecule has 0 aliphatic heterocycles. The highest BCUT2D eigenvalue weighted by Gasteiger charge is 2.21. The van der Waals surface area contributed by atoms with Crippen LogP contribution in [0.15, 0.2) is 12.1 Å². The van der Waals surface area contributed by atoms with Crippen LogP contribution in [0.3, 0.4) is 0 Å². The summed E-state index contributed by atoms with van der Waals surface area (Å²) in [7, 11) is 4.87. The van der Waals surface area contributed by atoms with Crippen molar-refractivity contribution in [3.63, 3.8) is 0 Å². The Bertz CT molecular complexity index is 717. The summed E-state index contributed by atoms with van der Waals surface area (Å²) in [5.41, 5.74) is 2.46. The maximum atomic E-state index is 12.3. The highest BCUT2D eigenvalue weighted by Crippen LogP contribution is 2.31. The number of rotatable bonds is 6. The number of benzene rings is 1. The van der Waals surface area contributed by atoms with Crippen molar-refractivity contribution in [3.05, 3.63) is 29.0 Å². The summed E-state index contributed by atoms with van der Waals surface area (Å²) >= 11 is 0. The van der Waals surface area contributed by atoms with Gasteiger partial charge in [-0.25, -0.2) is 4.79 Å². The summed E-state index contributed by atoms with van der Waals surface area (Å²) in [5, 5.41) is 0.699. The monoisotopic (exact) mass is 305 g/mol. The number of aryl methyl sites for hydroxylation is 1. The van der Waals surface area contributed by atoms with Crippen molar-refractivity contribution < 1.29 is 23.8 Å². The number of carbonyl (C=O) groups is 2. The molecule has 22 heavy (non-hydrogen) atoms. The Hall–Kier alpha value is -2.34. The van der Waals surface area contributed by atoms with E-state index >= 15 is 0 Å². The molecule has 0 aliphatic carbocycles. The lowest BCUT2D eigenvalue weighted by Gasteiger charge is -2.06. The predicted molar refractivity (Wildman–Crippen MR) is 81.8 cm³/mol. The van der Waals surface area contributed by atoms with Crippen LogP contribution in [-0.2, 0) is 16.5 Å². The largest absolute Gasteiger partial charge is 0.496 e. The van der Waals surface area contributed by atoms with E-state index in [4.69, 9.17) is 14.2 Å². The summed E-state index contributed by atoms with van der Waals surface area (Å²) in [5.74, 6) is 0.0140. The molecule has 0 N–H and O–H groups in total. The highest BCUT2D eigenvalue weighted by atomic mass is 16.6. The SMILES string of the molecule is COCCOC(=O)c1c(C)n(C)c2cc(C=O)c(OC)cc12. The van der Waals surface area contributed by atoms with Gasteiger partial charge in [0.1, 0.15) is 12.4 Å². The van der Waals surface area contributed by atoms with Crippen molar-refractivity contribution in [2.45, 2.75) is 6.92 Å². The molecule has 6 heteroatoms. The number of fused-ring (bicyclic) bond motifs is 1. The van der Waals surface area contributed by atoms with Crippen LogP contribution < -0.4 is 4.74 Å². The summed E-state index contributed by atoms with van der Waals surface area (Å²) < 4.78 is 17.2. The van der Waals surface area contributed by atoms with Crippen molar-refractivity contribution >= 4 is 23.2 Å². The van der Waals surface area contributed by atoms with Crippen molar-refractivity contribution in [3.8, 4) is 5.75 Å². The Balaban J connectivity index is 2.56. The molecule has 1 aromatic carbocycles. The Morgan fingerprint density at radius 2 is 2.00 bits per heavy atom. The number of carbonyl (C=O) groups excluding carboxylic acids is 2. The Kier molecular flexibility index (Phi) is 4.82. The van der Waals surface area contributed by atoms with E-state index in [0.29, 0.717) is 28.9 Å². The van der Waals surface area contributed by atoms with Crippen LogP contribution >= 0.6 is 0 Å². The minimum absolute atomic E-state index is 0.189. The van der Waals surface area contributed by atoms with Gasteiger partial charge < -0.3 is 18.8 Å². The number of aldehydes is 1. The fraction of sp³-hybridized carbons (Fsp3) is 0.375. The van der Waals surface area contributed by atoms with Crippen molar-refractivity contribution in [2.75, 3.05) is 27.4 Å². The summed E-state index contributed by atoms with van der Waals surface area (Å²) in [6, 6.07) is 3.40. The minimum atomic E-state index is -0.416. The quantitative estimate of drug-likeness (QED) is 0.464. The second kappa shape index (κ2) is 6.62. The number of hydrogen-bond acceptors (Lipinski definition) is 5. The third-order valence-electron chi connectivity index (χ3n) is 3.70. The Morgan fingerprint density at radius 1 is 1.27 bits per heavy atom. The molecule has 2 rings (SSSR count). The van der Waals surface area contributed by atoms with Crippen LogP contribution in [0.1, 0.15) is 26.4 Å². The zero-order chi connectivity index (χ0) is 16.3. The molecule has 1 aromatic heterocycles. The van der Waals surface area contributed by atoms with Crippen LogP contribution in [0.25, 0.3) is 10.9 Å². The zero-order valence-electron chi connectivity index (χ0n) is 13.1. The van der Waals surface area contributed by atoms with Gasteiger partial charge in [-0.3, -0.25) is 4.79 Å². The van der Waals surface area contributed by atoms with Crippen molar-refractivity contribution in [1.29, 1.82) is 0 Å². The molecule has 0 spiro atoms. The van der Waals surface area contributed by atoms with Gasteiger partial charge in [-0.2, -0.15) is 0 Å². The topological polar surface area (TPSA) is 66.8 Å². The molecule has 0 aliphatic rings. The smallest absolute Gasteiger partial charge is 0.340 e. The number of nitrogens with zero attached hydrogens (tertiary/aromatic N) is 1. The van der Waals surface area contributed by atoms with E-state index in [9.17, 15) is 9.59 Å². The Morgan fingerprint density at radius 3 is 2.59 bits per heavy atom. The molecule has 0 radical (unpaired) electrons. The Labute approximate surface area is 128 Å². The van der Waals surface area contributed by atoms with Crippen molar-refractivity contribution in [1.82, 2.24) is 4.57 Å². The molecule has 0 saturated carbocycles. The van der Waals surface area contributed by atoms with Crippen LogP contribution in [0.4, 0.5) is 0 Å². The first-order chi connectivity index (χ1) is 10.5. The fourth-order valence-electron chi connectivity index (χ4n) is 2.42. The van der Waals surface area contributed by atoms with Gasteiger partial charge in [0.2, 0.25) is 0 Å². The molecular formula is C16H19NO5. The van der Waals surface area contributed by atoms with E-state index < -0.39 is 5.97 Å². The van der Waals surface area contributed by atoms with Gasteiger partial charge in [-0.15, -0.1) is 0 Å². The molecule has 0 atom stereocenters. The third kappa shape index (κ3) is 2.69. The van der Waals surface area contributed by atoms with Gasteiger partial charge in [0.05, 0.1) is 24.8 Å². The van der Waals surface area contributed by atoms with E-state index in [-0.39, 0.29) is 6.61 Å². The summed E-state index contributed by atoms with van der Waals surface area (Å²) in [6.07, 6.45) is 0.733. The summed E-state index contributed by atoms with van der Waals surface area (Å²) in [4.78, 5) is 23.5. The van der Waals surface area contributed by atoms with Crippen LogP contribution in [-0.4, -0.2) is 44.3 Å². The van der Waals surface area contributed by atoms with Gasteiger partial charge >= 0.3 is 5.97 Å². The molecule has 0 amide bonds. The maximum absolute atomic E-state index is 12.3. The highest BCUT2D eigenvalue weighted by molar-refractivity contribution is 6.07. The standard InChI is InChI=1S/C16H19NO5/c1-10-15(16(19)22-6-5-20-3)12-8-14(21-4)11(9-18)7-13(12)17(10)2/h7-9H,5-6H2,1-4H3. The van der Waals surface area contributed by atoms with E-state index in [1.54, 1.807) is 19.2 Å². The molecular weight excluding hydrogens is 286 g/mol. The molecule has 6 nitrogen and oxygen atoms in total. The number of hydrogen-bond donors (Lipinski definition) is 0. The van der Waals surface area contributed by atoms with Crippen LogP contribution in [0.2, 0.25) is 0 Å². The molecule has 118 valence electrons. The molecule has 0 fully saturated rings. The van der Waals surface area contributed by atoms with Crippen molar-refractivity contribution in [2.24, 2.45) is 7.05 Å². The molecule has 0 unspecified atom stereocenters. The van der Waals surface area contributed by atoms with E-state index in [0.717, 1.165) is 17.5 Å². The lowest BCUT2D eigenvalue weighted by atomic mass is 10.1. The fourth-order valence-corrected chi connectivity index (χ4v) is 2.42. The number of ether oxygens (including phenoxy) is 3. The van der Waals surface area contributed by atoms with Gasteiger partial charge in [0.25, 0.3) is 0 Å².